The van der Waals surface area contributed by atoms with Crippen LogP contribution in [0.4, 0.5) is 18.0 Å². The van der Waals surface area contributed by atoms with Gasteiger partial charge in [-0.2, -0.15) is 13.2 Å². The number of nitrogens with one attached hydrogen (secondary N) is 1. The molecule has 3 rings (SSSR count). The van der Waals surface area contributed by atoms with Gasteiger partial charge in [0.2, 0.25) is 0 Å². The smallest absolute Gasteiger partial charge is 0.445 e. The highest BCUT2D eigenvalue weighted by atomic mass is 19.4. The molecule has 1 heterocycles. The Hall–Kier alpha value is -3.11. The average molecular weight is 489 g/mol. The quantitative estimate of drug-likeness (QED) is 0.418. The topological polar surface area (TPSA) is 73.9 Å². The van der Waals surface area contributed by atoms with Crippen LogP contribution in [0, 0.1) is 0 Å². The van der Waals surface area contributed by atoms with Crippen LogP contribution in [-0.4, -0.2) is 42.9 Å². The number of carbonyl (C=O) groups is 2. The second-order valence-corrected chi connectivity index (χ2v) is 9.18. The second kappa shape index (κ2) is 10.3. The summed E-state index contributed by atoms with van der Waals surface area (Å²) >= 11 is 0. The molecule has 0 bridgehead atoms. The van der Waals surface area contributed by atoms with Crippen molar-refractivity contribution in [2.75, 3.05) is 6.54 Å². The Morgan fingerprint density at radius 3 is 2.23 bits per heavy atom. The van der Waals surface area contributed by atoms with E-state index in [1.165, 1.54) is 12.1 Å². The van der Waals surface area contributed by atoms with Gasteiger partial charge in [0.1, 0.15) is 6.61 Å². The van der Waals surface area contributed by atoms with Crippen LogP contribution in [0.5, 0.6) is 0 Å². The Morgan fingerprint density at radius 1 is 1.00 bits per heavy atom. The highest BCUT2D eigenvalue weighted by Gasteiger charge is 2.52. The summed E-state index contributed by atoms with van der Waals surface area (Å²) in [7, 11) is -0.878. The first-order chi connectivity index (χ1) is 16.3. The van der Waals surface area contributed by atoms with Gasteiger partial charge >= 0.3 is 19.4 Å². The molecule has 10 heteroatoms. The van der Waals surface area contributed by atoms with Crippen LogP contribution in [0.3, 0.4) is 0 Å². The largest absolute Gasteiger partial charge is 0.492 e. The molecule has 6 nitrogen and oxygen atoms in total. The Morgan fingerprint density at radius 2 is 1.63 bits per heavy atom. The molecule has 0 atom stereocenters. The number of Topliss-reactive ketones (excluding diaryl/α,β-unsaturated/α-hetero) is 1. The maximum absolute atomic E-state index is 12.9. The lowest BCUT2D eigenvalue weighted by atomic mass is 9.77. The number of alkyl carbamates (subject to hydrolysis) is 1. The number of hydrogen-bond acceptors (Lipinski definition) is 5. The Bertz CT molecular complexity index is 1080. The van der Waals surface area contributed by atoms with E-state index in [9.17, 15) is 22.8 Å². The van der Waals surface area contributed by atoms with Gasteiger partial charge in [0.15, 0.2) is 0 Å². The molecule has 0 unspecified atom stereocenters. The molecule has 0 spiro atoms. The summed E-state index contributed by atoms with van der Waals surface area (Å²) in [5.41, 5.74) is -0.274. The zero-order chi connectivity index (χ0) is 25.9. The van der Waals surface area contributed by atoms with Gasteiger partial charge in [-0.3, -0.25) is 4.79 Å². The van der Waals surface area contributed by atoms with Crippen molar-refractivity contribution in [3.05, 3.63) is 76.8 Å². The number of carbonyl (C=O) groups excluding carboxylic acids is 2. The number of halogens is 3. The molecule has 0 aliphatic carbocycles. The van der Waals surface area contributed by atoms with E-state index in [0.29, 0.717) is 11.0 Å². The van der Waals surface area contributed by atoms with Gasteiger partial charge in [-0.05, 0) is 50.4 Å². The summed E-state index contributed by atoms with van der Waals surface area (Å²) in [6.07, 6.45) is -4.13. The van der Waals surface area contributed by atoms with E-state index in [1.54, 1.807) is 6.07 Å². The highest BCUT2D eigenvalue weighted by Crippen LogP contribution is 2.38. The first kappa shape index (κ1) is 26.5. The Kier molecular flexibility index (Phi) is 7.76. The minimum absolute atomic E-state index is 0.0537. The number of ether oxygens (including phenoxy) is 1. The van der Waals surface area contributed by atoms with Crippen LogP contribution < -0.4 is 5.32 Å². The predicted octanol–water partition coefficient (Wildman–Crippen LogP) is 5.37. The minimum Gasteiger partial charge on any atom is -0.445 e. The van der Waals surface area contributed by atoms with Crippen LogP contribution in [0.2, 0.25) is 0 Å². The third kappa shape index (κ3) is 6.73. The van der Waals surface area contributed by atoms with Crippen LogP contribution in [-0.2, 0) is 20.7 Å². The fourth-order valence-corrected chi connectivity index (χ4v) is 3.29. The molecule has 1 aliphatic heterocycles. The molecular weight excluding hydrogens is 462 g/mol. The minimum atomic E-state index is -4.99. The number of ketones is 1. The van der Waals surface area contributed by atoms with Crippen LogP contribution in [0.25, 0.3) is 6.08 Å². The third-order valence-electron chi connectivity index (χ3n) is 5.96. The molecule has 1 N–H and O–H groups in total. The summed E-state index contributed by atoms with van der Waals surface area (Å²) in [6, 6.07) is 14.3. The van der Waals surface area contributed by atoms with Gasteiger partial charge in [-0.25, -0.2) is 4.79 Å². The third-order valence-corrected chi connectivity index (χ3v) is 5.96. The summed E-state index contributed by atoms with van der Waals surface area (Å²) in [4.78, 5) is 24.0. The molecule has 2 aromatic carbocycles. The van der Waals surface area contributed by atoms with Gasteiger partial charge in [0.25, 0.3) is 5.78 Å². The molecule has 2 aromatic rings. The maximum Gasteiger partial charge on any atom is 0.492 e. The van der Waals surface area contributed by atoms with Crippen molar-refractivity contribution >= 4 is 25.1 Å². The maximum atomic E-state index is 12.9. The van der Waals surface area contributed by atoms with Gasteiger partial charge in [0.05, 0.1) is 11.2 Å². The van der Waals surface area contributed by atoms with E-state index < -0.39 is 41.9 Å². The summed E-state index contributed by atoms with van der Waals surface area (Å²) < 4.78 is 56.0. The molecule has 1 aliphatic rings. The van der Waals surface area contributed by atoms with E-state index >= 15 is 0 Å². The molecule has 1 fully saturated rings. The summed E-state index contributed by atoms with van der Waals surface area (Å²) in [5, 5.41) is 2.63. The van der Waals surface area contributed by atoms with Gasteiger partial charge < -0.3 is 19.4 Å². The predicted molar refractivity (Wildman–Crippen MR) is 126 cm³/mol. The fourth-order valence-electron chi connectivity index (χ4n) is 3.29. The van der Waals surface area contributed by atoms with E-state index in [1.807, 2.05) is 58.0 Å². The summed E-state index contributed by atoms with van der Waals surface area (Å²) in [6.45, 7) is 7.44. The second-order valence-electron chi connectivity index (χ2n) is 9.18. The molecule has 0 saturated carbocycles. The van der Waals surface area contributed by atoms with Crippen LogP contribution >= 0.6 is 0 Å². The number of hydrogen-bond donors (Lipinski definition) is 1. The normalized spacial score (nSPS) is 17.2. The number of amides is 1. The number of rotatable bonds is 7. The van der Waals surface area contributed by atoms with Crippen molar-refractivity contribution in [2.45, 2.75) is 51.7 Å². The molecule has 186 valence electrons. The van der Waals surface area contributed by atoms with Gasteiger partial charge in [-0.1, -0.05) is 54.6 Å². The molecule has 35 heavy (non-hydrogen) atoms. The zero-order valence-corrected chi connectivity index (χ0v) is 19.9. The first-order valence-corrected chi connectivity index (χ1v) is 11.0. The van der Waals surface area contributed by atoms with Crippen molar-refractivity contribution in [1.82, 2.24) is 5.32 Å². The average Bonchev–Trinajstić information content (AvgIpc) is 3.01. The summed E-state index contributed by atoms with van der Waals surface area (Å²) in [5.74, 6) is -1.94. The van der Waals surface area contributed by atoms with Crippen molar-refractivity contribution in [3.63, 3.8) is 0 Å². The molecular formula is C25H27BF3NO5. The van der Waals surface area contributed by atoms with E-state index in [-0.39, 0.29) is 13.2 Å². The lowest BCUT2D eigenvalue weighted by Gasteiger charge is -2.32. The van der Waals surface area contributed by atoms with E-state index in [0.717, 1.165) is 17.7 Å². The Labute approximate surface area is 202 Å². The fraction of sp³-hybridized carbons (Fsp3) is 0.360. The SMILES string of the molecule is CC1(C)OB(C(=Cc2cccc(C(=O)C(F)(F)F)c2)CNC(=O)OCc2ccccc2)OC1(C)C. The first-order valence-electron chi connectivity index (χ1n) is 11.0. The number of benzene rings is 2. The zero-order valence-electron chi connectivity index (χ0n) is 19.9. The lowest BCUT2D eigenvalue weighted by molar-refractivity contribution is -0.0885. The van der Waals surface area contributed by atoms with Gasteiger partial charge in [0, 0.05) is 12.1 Å². The van der Waals surface area contributed by atoms with Crippen molar-refractivity contribution in [3.8, 4) is 0 Å². The highest BCUT2D eigenvalue weighted by molar-refractivity contribution is 6.56. The molecule has 1 saturated heterocycles. The number of alkyl halides is 3. The Balaban J connectivity index is 1.80. The molecule has 1 amide bonds. The van der Waals surface area contributed by atoms with Crippen LogP contribution in [0.15, 0.2) is 60.1 Å². The lowest BCUT2D eigenvalue weighted by Crippen LogP contribution is -2.41. The van der Waals surface area contributed by atoms with Crippen LogP contribution in [0.1, 0.15) is 49.2 Å². The molecule has 0 radical (unpaired) electrons. The van der Waals surface area contributed by atoms with E-state index in [2.05, 4.69) is 5.32 Å². The standard InChI is InChI=1S/C25H27BF3NO5/c1-23(2)24(3,4)35-26(34-23)20(15-30-22(32)33-16-17-9-6-5-7-10-17)14-18-11-8-12-19(13-18)21(31)25(27,28)29/h5-14H,15-16H2,1-4H3,(H,30,32). The monoisotopic (exact) mass is 489 g/mol. The van der Waals surface area contributed by atoms with Gasteiger partial charge in [-0.15, -0.1) is 0 Å². The van der Waals surface area contributed by atoms with Crippen molar-refractivity contribution < 1.29 is 36.8 Å². The van der Waals surface area contributed by atoms with Crippen molar-refractivity contribution in [1.29, 1.82) is 0 Å². The van der Waals surface area contributed by atoms with E-state index in [4.69, 9.17) is 14.0 Å². The van der Waals surface area contributed by atoms with Crippen molar-refractivity contribution in [2.24, 2.45) is 0 Å². The molecule has 0 aromatic heterocycles.